The summed E-state index contributed by atoms with van der Waals surface area (Å²) < 4.78 is 34.9. The summed E-state index contributed by atoms with van der Waals surface area (Å²) in [6.45, 7) is 0.532. The van der Waals surface area contributed by atoms with Gasteiger partial charge in [0.25, 0.3) is 0 Å². The normalized spacial score (nSPS) is 13.2. The molecule has 5 nitrogen and oxygen atoms in total. The Balaban J connectivity index is 2.37. The summed E-state index contributed by atoms with van der Waals surface area (Å²) in [5.41, 5.74) is -0.631. The molecule has 0 aliphatic carbocycles. The molecule has 0 spiro atoms. The summed E-state index contributed by atoms with van der Waals surface area (Å²) in [4.78, 5) is 14.8. The van der Waals surface area contributed by atoms with E-state index in [4.69, 9.17) is 9.84 Å². The minimum absolute atomic E-state index is 0.152. The van der Waals surface area contributed by atoms with Crippen LogP contribution in [-0.2, 0) is 6.54 Å². The second kappa shape index (κ2) is 4.04. The summed E-state index contributed by atoms with van der Waals surface area (Å²) >= 11 is 0. The lowest BCUT2D eigenvalue weighted by atomic mass is 10.1. The van der Waals surface area contributed by atoms with Gasteiger partial charge < -0.3 is 14.4 Å². The van der Waals surface area contributed by atoms with Crippen molar-refractivity contribution < 1.29 is 23.4 Å². The zero-order chi connectivity index (χ0) is 13.6. The Bertz CT molecular complexity index is 682. The molecule has 0 saturated heterocycles. The number of aromatic carboxylic acids is 1. The molecule has 0 unspecified atom stereocenters. The van der Waals surface area contributed by atoms with Gasteiger partial charge in [-0.05, 0) is 6.07 Å². The van der Waals surface area contributed by atoms with Gasteiger partial charge in [0.2, 0.25) is 0 Å². The Kier molecular flexibility index (Phi) is 2.48. The standard InChI is InChI=1S/C12H8F2N2O3/c13-7-3-6(12(17)18)10(14)9-8-4-15-5-16(8)1-2-19-11(7)9/h3-5H,1-2H2,(H,17,18). The zero-order valence-electron chi connectivity index (χ0n) is 9.56. The molecule has 2 aromatic rings. The minimum Gasteiger partial charge on any atom is -0.488 e. The smallest absolute Gasteiger partial charge is 0.338 e. The maximum absolute atomic E-state index is 14.3. The van der Waals surface area contributed by atoms with Crippen LogP contribution in [0.2, 0.25) is 0 Å². The van der Waals surface area contributed by atoms with Crippen molar-refractivity contribution in [3.8, 4) is 17.0 Å². The summed E-state index contributed by atoms with van der Waals surface area (Å²) in [7, 11) is 0. The van der Waals surface area contributed by atoms with Gasteiger partial charge in [0.05, 0.1) is 35.9 Å². The van der Waals surface area contributed by atoms with E-state index < -0.39 is 23.2 Å². The molecule has 7 heteroatoms. The molecular weight excluding hydrogens is 258 g/mol. The second-order valence-electron chi connectivity index (χ2n) is 4.05. The molecule has 0 fully saturated rings. The van der Waals surface area contributed by atoms with Gasteiger partial charge in [-0.2, -0.15) is 0 Å². The molecule has 0 saturated carbocycles. The van der Waals surface area contributed by atoms with Crippen LogP contribution in [0.25, 0.3) is 11.3 Å². The fourth-order valence-electron chi connectivity index (χ4n) is 2.09. The van der Waals surface area contributed by atoms with Gasteiger partial charge in [0, 0.05) is 0 Å². The molecule has 1 aliphatic rings. The molecular formula is C12H8F2N2O3. The SMILES string of the molecule is O=C(O)c1cc(F)c2c(c1F)-c1cncn1CCO2. The van der Waals surface area contributed by atoms with Gasteiger partial charge in [-0.15, -0.1) is 0 Å². The fourth-order valence-corrected chi connectivity index (χ4v) is 2.09. The molecule has 0 atom stereocenters. The van der Waals surface area contributed by atoms with Gasteiger partial charge in [-0.25, -0.2) is 18.6 Å². The van der Waals surface area contributed by atoms with Crippen LogP contribution in [-0.4, -0.2) is 27.2 Å². The number of carbonyl (C=O) groups is 1. The molecule has 98 valence electrons. The molecule has 19 heavy (non-hydrogen) atoms. The first-order chi connectivity index (χ1) is 9.09. The summed E-state index contributed by atoms with van der Waals surface area (Å²) in [5.74, 6) is -3.73. The van der Waals surface area contributed by atoms with Crippen molar-refractivity contribution in [2.75, 3.05) is 6.61 Å². The van der Waals surface area contributed by atoms with Crippen LogP contribution in [0, 0.1) is 11.6 Å². The Morgan fingerprint density at radius 3 is 3.00 bits per heavy atom. The Labute approximate surface area is 106 Å². The average molecular weight is 266 g/mol. The molecule has 1 aromatic carbocycles. The van der Waals surface area contributed by atoms with Gasteiger partial charge in [0.15, 0.2) is 17.4 Å². The highest BCUT2D eigenvalue weighted by atomic mass is 19.1. The number of fused-ring (bicyclic) bond motifs is 3. The van der Waals surface area contributed by atoms with Gasteiger partial charge in [-0.3, -0.25) is 0 Å². The van der Waals surface area contributed by atoms with E-state index in [-0.39, 0.29) is 17.9 Å². The van der Waals surface area contributed by atoms with E-state index in [1.54, 1.807) is 4.57 Å². The van der Waals surface area contributed by atoms with E-state index in [0.717, 1.165) is 0 Å². The summed E-state index contributed by atoms with van der Waals surface area (Å²) in [6, 6.07) is 0.628. The number of imidazole rings is 1. The molecule has 3 rings (SSSR count). The highest BCUT2D eigenvalue weighted by Crippen LogP contribution is 2.38. The molecule has 1 N–H and O–H groups in total. The lowest BCUT2D eigenvalue weighted by Gasteiger charge is -2.10. The number of benzene rings is 1. The highest BCUT2D eigenvalue weighted by Gasteiger charge is 2.27. The van der Waals surface area contributed by atoms with Crippen LogP contribution < -0.4 is 4.74 Å². The number of ether oxygens (including phenoxy) is 1. The van der Waals surface area contributed by atoms with Crippen LogP contribution in [0.3, 0.4) is 0 Å². The van der Waals surface area contributed by atoms with Gasteiger partial charge in [-0.1, -0.05) is 0 Å². The molecule has 2 heterocycles. The molecule has 0 amide bonds. The number of halogens is 2. The Morgan fingerprint density at radius 2 is 2.26 bits per heavy atom. The number of nitrogens with zero attached hydrogens (tertiary/aromatic N) is 2. The highest BCUT2D eigenvalue weighted by molar-refractivity contribution is 5.91. The molecule has 0 radical (unpaired) electrons. The minimum atomic E-state index is -1.53. The zero-order valence-corrected chi connectivity index (χ0v) is 9.56. The Morgan fingerprint density at radius 1 is 1.47 bits per heavy atom. The van der Waals surface area contributed by atoms with Crippen molar-refractivity contribution >= 4 is 5.97 Å². The lowest BCUT2D eigenvalue weighted by molar-refractivity contribution is 0.0691. The monoisotopic (exact) mass is 266 g/mol. The number of rotatable bonds is 1. The predicted octanol–water partition coefficient (Wildman–Crippen LogP) is 1.92. The third-order valence-electron chi connectivity index (χ3n) is 2.95. The van der Waals surface area contributed by atoms with Crippen molar-refractivity contribution in [3.63, 3.8) is 0 Å². The first kappa shape index (κ1) is 11.6. The third-order valence-corrected chi connectivity index (χ3v) is 2.95. The van der Waals surface area contributed by atoms with Crippen LogP contribution >= 0.6 is 0 Å². The molecule has 1 aliphatic heterocycles. The first-order valence-corrected chi connectivity index (χ1v) is 5.48. The fraction of sp³-hybridized carbons (Fsp3) is 0.167. The number of aromatic nitrogens is 2. The Hall–Kier alpha value is -2.44. The van der Waals surface area contributed by atoms with Gasteiger partial charge in [0.1, 0.15) is 6.61 Å². The van der Waals surface area contributed by atoms with Crippen LogP contribution in [0.5, 0.6) is 5.75 Å². The molecule has 0 bridgehead atoms. The number of hydrogen-bond donors (Lipinski definition) is 1. The van der Waals surface area contributed by atoms with E-state index >= 15 is 0 Å². The van der Waals surface area contributed by atoms with E-state index in [0.29, 0.717) is 18.3 Å². The maximum Gasteiger partial charge on any atom is 0.338 e. The number of hydrogen-bond acceptors (Lipinski definition) is 3. The summed E-state index contributed by atoms with van der Waals surface area (Å²) in [6.07, 6.45) is 2.81. The van der Waals surface area contributed by atoms with Crippen molar-refractivity contribution in [2.24, 2.45) is 0 Å². The van der Waals surface area contributed by atoms with E-state index in [2.05, 4.69) is 4.98 Å². The quantitative estimate of drug-likeness (QED) is 0.856. The topological polar surface area (TPSA) is 64.3 Å². The molecule has 1 aromatic heterocycles. The van der Waals surface area contributed by atoms with Crippen molar-refractivity contribution in [3.05, 3.63) is 35.8 Å². The van der Waals surface area contributed by atoms with Crippen molar-refractivity contribution in [1.82, 2.24) is 9.55 Å². The number of carboxylic acids is 1. The van der Waals surface area contributed by atoms with Crippen LogP contribution in [0.1, 0.15) is 10.4 Å². The van der Waals surface area contributed by atoms with Gasteiger partial charge >= 0.3 is 5.97 Å². The second-order valence-corrected chi connectivity index (χ2v) is 4.05. The van der Waals surface area contributed by atoms with E-state index in [9.17, 15) is 13.6 Å². The van der Waals surface area contributed by atoms with Crippen molar-refractivity contribution in [1.29, 1.82) is 0 Å². The number of carboxylic acid groups (broad SMARTS) is 1. The summed E-state index contributed by atoms with van der Waals surface area (Å²) in [5, 5.41) is 8.89. The first-order valence-electron chi connectivity index (χ1n) is 5.48. The van der Waals surface area contributed by atoms with Crippen molar-refractivity contribution in [2.45, 2.75) is 6.54 Å². The lowest BCUT2D eigenvalue weighted by Crippen LogP contribution is -2.06. The van der Waals surface area contributed by atoms with E-state index in [1.807, 2.05) is 0 Å². The maximum atomic E-state index is 14.3. The van der Waals surface area contributed by atoms with E-state index in [1.165, 1.54) is 12.5 Å². The predicted molar refractivity (Wildman–Crippen MR) is 60.0 cm³/mol. The van der Waals surface area contributed by atoms with Crippen LogP contribution in [0.15, 0.2) is 18.6 Å². The van der Waals surface area contributed by atoms with Crippen LogP contribution in [0.4, 0.5) is 8.78 Å². The largest absolute Gasteiger partial charge is 0.488 e. The third kappa shape index (κ3) is 1.66. The average Bonchev–Trinajstić information content (AvgIpc) is 2.73.